The molecule has 1 aliphatic rings. The van der Waals surface area contributed by atoms with E-state index in [0.29, 0.717) is 6.61 Å². The molecule has 0 aliphatic carbocycles. The molecule has 1 aromatic carbocycles. The second kappa shape index (κ2) is 8.25. The molecular weight excluding hydrogens is 290 g/mol. The SMILES string of the molecule is Cc1cc(C)cc(OCCCN2CCCC2C(=O)O)c1.Cl. The monoisotopic (exact) mass is 313 g/mol. The molecule has 5 heteroatoms. The first-order chi connectivity index (χ1) is 9.56. The fourth-order valence-corrected chi connectivity index (χ4v) is 2.85. The maximum Gasteiger partial charge on any atom is 0.320 e. The quantitative estimate of drug-likeness (QED) is 0.820. The van der Waals surface area contributed by atoms with Crippen molar-refractivity contribution in [2.45, 2.75) is 39.2 Å². The third-order valence-corrected chi connectivity index (χ3v) is 3.70. The molecule has 4 nitrogen and oxygen atoms in total. The molecule has 1 saturated heterocycles. The average molecular weight is 314 g/mol. The van der Waals surface area contributed by atoms with Crippen molar-refractivity contribution in [2.75, 3.05) is 19.7 Å². The number of halogens is 1. The van der Waals surface area contributed by atoms with Crippen LogP contribution in [0.1, 0.15) is 30.4 Å². The molecule has 1 atom stereocenters. The molecule has 0 amide bonds. The summed E-state index contributed by atoms with van der Waals surface area (Å²) in [5.41, 5.74) is 2.40. The van der Waals surface area contributed by atoms with Crippen LogP contribution in [0.25, 0.3) is 0 Å². The number of carboxylic acids is 1. The topological polar surface area (TPSA) is 49.8 Å². The number of nitrogens with zero attached hydrogens (tertiary/aromatic N) is 1. The van der Waals surface area contributed by atoms with Gasteiger partial charge in [0.05, 0.1) is 6.61 Å². The highest BCUT2D eigenvalue weighted by atomic mass is 35.5. The van der Waals surface area contributed by atoms with Crippen molar-refractivity contribution >= 4 is 18.4 Å². The highest BCUT2D eigenvalue weighted by molar-refractivity contribution is 5.85. The Morgan fingerprint density at radius 1 is 1.33 bits per heavy atom. The third-order valence-electron chi connectivity index (χ3n) is 3.70. The summed E-state index contributed by atoms with van der Waals surface area (Å²) in [6.45, 7) is 6.43. The minimum Gasteiger partial charge on any atom is -0.494 e. The first kappa shape index (κ1) is 17.8. The lowest BCUT2D eigenvalue weighted by atomic mass is 10.1. The van der Waals surface area contributed by atoms with Gasteiger partial charge in [-0.15, -0.1) is 12.4 Å². The van der Waals surface area contributed by atoms with Crippen molar-refractivity contribution in [3.05, 3.63) is 29.3 Å². The number of hydrogen-bond donors (Lipinski definition) is 1. The minimum absolute atomic E-state index is 0. The van der Waals surface area contributed by atoms with E-state index in [1.54, 1.807) is 0 Å². The van der Waals surface area contributed by atoms with Crippen LogP contribution in [-0.4, -0.2) is 41.7 Å². The Bertz CT molecular complexity index is 458. The fraction of sp³-hybridized carbons (Fsp3) is 0.562. The second-order valence-corrected chi connectivity index (χ2v) is 5.56. The number of hydrogen-bond acceptors (Lipinski definition) is 3. The van der Waals surface area contributed by atoms with E-state index in [1.165, 1.54) is 11.1 Å². The highest BCUT2D eigenvalue weighted by Crippen LogP contribution is 2.19. The van der Waals surface area contributed by atoms with Gasteiger partial charge < -0.3 is 9.84 Å². The minimum atomic E-state index is -0.697. The third kappa shape index (κ3) is 5.21. The van der Waals surface area contributed by atoms with Crippen LogP contribution in [0.5, 0.6) is 5.75 Å². The first-order valence-corrected chi connectivity index (χ1v) is 7.24. The fourth-order valence-electron chi connectivity index (χ4n) is 2.85. The molecule has 1 fully saturated rings. The maximum atomic E-state index is 11.1. The first-order valence-electron chi connectivity index (χ1n) is 7.24. The number of benzene rings is 1. The van der Waals surface area contributed by atoms with Gasteiger partial charge in [0.25, 0.3) is 0 Å². The van der Waals surface area contributed by atoms with Crippen LogP contribution < -0.4 is 4.74 Å². The summed E-state index contributed by atoms with van der Waals surface area (Å²) in [5.74, 6) is 0.205. The summed E-state index contributed by atoms with van der Waals surface area (Å²) in [6, 6.07) is 5.89. The van der Waals surface area contributed by atoms with Gasteiger partial charge in [-0.3, -0.25) is 9.69 Å². The molecule has 118 valence electrons. The number of ether oxygens (including phenoxy) is 1. The van der Waals surface area contributed by atoms with E-state index in [1.807, 2.05) is 17.0 Å². The number of carbonyl (C=O) groups is 1. The highest BCUT2D eigenvalue weighted by Gasteiger charge is 2.29. The number of likely N-dealkylation sites (tertiary alicyclic amines) is 1. The Kier molecular flexibility index (Phi) is 6.99. The van der Waals surface area contributed by atoms with Crippen LogP contribution in [0.15, 0.2) is 18.2 Å². The zero-order chi connectivity index (χ0) is 14.5. The van der Waals surface area contributed by atoms with Gasteiger partial charge in [-0.25, -0.2) is 0 Å². The average Bonchev–Trinajstić information content (AvgIpc) is 2.82. The lowest BCUT2D eigenvalue weighted by Gasteiger charge is -2.20. The molecule has 1 heterocycles. The van der Waals surface area contributed by atoms with Crippen molar-refractivity contribution < 1.29 is 14.6 Å². The molecule has 0 bridgehead atoms. The molecule has 21 heavy (non-hydrogen) atoms. The normalized spacial score (nSPS) is 18.3. The Hall–Kier alpha value is -1.26. The van der Waals surface area contributed by atoms with E-state index in [2.05, 4.69) is 19.9 Å². The van der Waals surface area contributed by atoms with E-state index in [4.69, 9.17) is 9.84 Å². The van der Waals surface area contributed by atoms with Gasteiger partial charge in [-0.05, 0) is 62.9 Å². The van der Waals surface area contributed by atoms with Gasteiger partial charge in [-0.1, -0.05) is 6.07 Å². The van der Waals surface area contributed by atoms with Gasteiger partial charge in [0, 0.05) is 6.54 Å². The maximum absolute atomic E-state index is 11.1. The van der Waals surface area contributed by atoms with Crippen molar-refractivity contribution in [1.29, 1.82) is 0 Å². The van der Waals surface area contributed by atoms with Gasteiger partial charge in [-0.2, -0.15) is 0 Å². The van der Waals surface area contributed by atoms with Crippen LogP contribution >= 0.6 is 12.4 Å². The molecule has 1 aliphatic heterocycles. The molecular formula is C16H24ClNO3. The summed E-state index contributed by atoms with van der Waals surface area (Å²) in [4.78, 5) is 13.1. The molecule has 1 N–H and O–H groups in total. The largest absolute Gasteiger partial charge is 0.494 e. The van der Waals surface area contributed by atoms with E-state index < -0.39 is 5.97 Å². The summed E-state index contributed by atoms with van der Waals surface area (Å²) < 4.78 is 5.75. The second-order valence-electron chi connectivity index (χ2n) is 5.56. The van der Waals surface area contributed by atoms with Gasteiger partial charge in [0.15, 0.2) is 0 Å². The molecule has 0 aromatic heterocycles. The van der Waals surface area contributed by atoms with Crippen molar-refractivity contribution in [2.24, 2.45) is 0 Å². The predicted octanol–water partition coefficient (Wildman–Crippen LogP) is 3.04. The van der Waals surface area contributed by atoms with Crippen LogP contribution in [0.4, 0.5) is 0 Å². The van der Waals surface area contributed by atoms with Crippen LogP contribution in [0, 0.1) is 13.8 Å². The Labute approximate surface area is 132 Å². The van der Waals surface area contributed by atoms with Crippen molar-refractivity contribution in [3.8, 4) is 5.75 Å². The van der Waals surface area contributed by atoms with Crippen molar-refractivity contribution in [3.63, 3.8) is 0 Å². The summed E-state index contributed by atoms with van der Waals surface area (Å²) in [5, 5.41) is 9.11. The molecule has 2 rings (SSSR count). The van der Waals surface area contributed by atoms with Gasteiger partial charge in [0.1, 0.15) is 11.8 Å². The number of aryl methyl sites for hydroxylation is 2. The Morgan fingerprint density at radius 3 is 2.62 bits per heavy atom. The Balaban J connectivity index is 0.00000220. The van der Waals surface area contributed by atoms with Crippen LogP contribution in [-0.2, 0) is 4.79 Å². The molecule has 0 spiro atoms. The van der Waals surface area contributed by atoms with E-state index in [9.17, 15) is 4.79 Å². The van der Waals surface area contributed by atoms with Gasteiger partial charge >= 0.3 is 5.97 Å². The summed E-state index contributed by atoms with van der Waals surface area (Å²) in [7, 11) is 0. The predicted molar refractivity (Wildman–Crippen MR) is 85.5 cm³/mol. The number of aliphatic carboxylic acids is 1. The van der Waals surface area contributed by atoms with E-state index in [0.717, 1.165) is 38.1 Å². The molecule has 0 saturated carbocycles. The molecule has 0 radical (unpaired) electrons. The lowest BCUT2D eigenvalue weighted by molar-refractivity contribution is -0.142. The van der Waals surface area contributed by atoms with E-state index >= 15 is 0 Å². The molecule has 1 unspecified atom stereocenters. The zero-order valence-electron chi connectivity index (χ0n) is 12.7. The number of carboxylic acid groups (broad SMARTS) is 1. The summed E-state index contributed by atoms with van der Waals surface area (Å²) in [6.07, 6.45) is 2.61. The van der Waals surface area contributed by atoms with E-state index in [-0.39, 0.29) is 18.4 Å². The van der Waals surface area contributed by atoms with Crippen molar-refractivity contribution in [1.82, 2.24) is 4.90 Å². The summed E-state index contributed by atoms with van der Waals surface area (Å²) >= 11 is 0. The van der Waals surface area contributed by atoms with Crippen LogP contribution in [0.2, 0.25) is 0 Å². The zero-order valence-corrected chi connectivity index (χ0v) is 13.5. The smallest absolute Gasteiger partial charge is 0.320 e. The van der Waals surface area contributed by atoms with Gasteiger partial charge in [0.2, 0.25) is 0 Å². The number of rotatable bonds is 6. The van der Waals surface area contributed by atoms with Crippen LogP contribution in [0.3, 0.4) is 0 Å². The lowest BCUT2D eigenvalue weighted by Crippen LogP contribution is -2.36. The Morgan fingerprint density at radius 2 is 2.00 bits per heavy atom. The standard InChI is InChI=1S/C16H23NO3.ClH/c1-12-9-13(2)11-14(10-12)20-8-4-7-17-6-3-5-15(17)16(18)19;/h9-11,15H,3-8H2,1-2H3,(H,18,19);1H. The molecule has 1 aromatic rings.